The van der Waals surface area contributed by atoms with Gasteiger partial charge in [-0.2, -0.15) is 0 Å². The van der Waals surface area contributed by atoms with Crippen molar-refractivity contribution in [2.45, 2.75) is 63.5 Å². The summed E-state index contributed by atoms with van der Waals surface area (Å²) in [5.41, 5.74) is 6.34. The molecule has 0 aromatic carbocycles. The van der Waals surface area contributed by atoms with E-state index in [1.165, 1.54) is 49.9 Å². The third-order valence-electron chi connectivity index (χ3n) is 7.14. The molecule has 0 unspecified atom stereocenters. The van der Waals surface area contributed by atoms with Crippen molar-refractivity contribution in [1.29, 1.82) is 0 Å². The summed E-state index contributed by atoms with van der Waals surface area (Å²) in [5.74, 6) is 1.50. The van der Waals surface area contributed by atoms with Crippen LogP contribution in [0, 0.1) is 11.8 Å². The van der Waals surface area contributed by atoms with Gasteiger partial charge in [0.2, 0.25) is 0 Å². The minimum absolute atomic E-state index is 0.543. The molecule has 2 fully saturated rings. The maximum atomic E-state index is 4.98. The number of aliphatic imine (C=N–C) groups is 2. The Hall–Kier alpha value is -2.36. The molecule has 2 aliphatic carbocycles. The molecule has 0 saturated heterocycles. The topological polar surface area (TPSA) is 50.5 Å². The molecule has 0 bridgehead atoms. The fourth-order valence-electron chi connectivity index (χ4n) is 5.67. The van der Waals surface area contributed by atoms with E-state index < -0.39 is 0 Å². The number of hydrogen-bond donors (Lipinski definition) is 0. The maximum absolute atomic E-state index is 4.98. The van der Waals surface area contributed by atoms with Crippen molar-refractivity contribution in [1.82, 2.24) is 9.97 Å². The fraction of sp³-hybridized carbons (Fsp3) is 0.500. The van der Waals surface area contributed by atoms with Crippen LogP contribution in [0.1, 0.15) is 62.8 Å². The largest absolute Gasteiger partial charge is 0.284 e. The lowest BCUT2D eigenvalue weighted by molar-refractivity contribution is 0.536. The van der Waals surface area contributed by atoms with Crippen LogP contribution in [0.4, 0.5) is 0 Å². The highest BCUT2D eigenvalue weighted by Crippen LogP contribution is 2.38. The minimum Gasteiger partial charge on any atom is -0.284 e. The molecule has 2 saturated carbocycles. The highest BCUT2D eigenvalue weighted by Gasteiger charge is 2.35. The van der Waals surface area contributed by atoms with Gasteiger partial charge >= 0.3 is 0 Å². The lowest BCUT2D eigenvalue weighted by Gasteiger charge is -2.08. The Kier molecular flexibility index (Phi) is 3.91. The predicted octanol–water partition coefficient (Wildman–Crippen LogP) is 4.87. The Balaban J connectivity index is 1.29. The standard InChI is InChI=1S/C24H26N4/c1-5-15-13-23(25-17(15)7-1)21-11-3-9-19(27-21)20-10-4-12-22(28-20)24-14-16-6-2-8-18(16)26-24/h3-4,9-12,15-18H,1-2,5-8,13-14H2/t15-,16-,17-,18-/m1/s1. The summed E-state index contributed by atoms with van der Waals surface area (Å²) in [7, 11) is 0. The van der Waals surface area contributed by atoms with Crippen molar-refractivity contribution in [3.63, 3.8) is 0 Å². The van der Waals surface area contributed by atoms with Gasteiger partial charge in [0.15, 0.2) is 0 Å². The summed E-state index contributed by atoms with van der Waals surface area (Å²) >= 11 is 0. The highest BCUT2D eigenvalue weighted by molar-refractivity contribution is 6.01. The van der Waals surface area contributed by atoms with Gasteiger partial charge in [0, 0.05) is 0 Å². The number of rotatable bonds is 3. The monoisotopic (exact) mass is 370 g/mol. The molecule has 2 aliphatic heterocycles. The van der Waals surface area contributed by atoms with E-state index in [1.54, 1.807) is 0 Å². The van der Waals surface area contributed by atoms with Crippen LogP contribution in [0.15, 0.2) is 46.4 Å². The number of nitrogens with zero attached hydrogens (tertiary/aromatic N) is 4. The van der Waals surface area contributed by atoms with Gasteiger partial charge in [0.1, 0.15) is 0 Å². The lowest BCUT2D eigenvalue weighted by Crippen LogP contribution is -2.07. The first kappa shape index (κ1) is 16.6. The van der Waals surface area contributed by atoms with Crippen LogP contribution in [-0.4, -0.2) is 33.5 Å². The van der Waals surface area contributed by atoms with Crippen LogP contribution in [0.5, 0.6) is 0 Å². The second kappa shape index (κ2) is 6.61. The Morgan fingerprint density at radius 1 is 0.571 bits per heavy atom. The molecule has 0 radical (unpaired) electrons. The Labute approximate surface area is 166 Å². The Morgan fingerprint density at radius 2 is 1.04 bits per heavy atom. The average Bonchev–Trinajstić information content (AvgIpc) is 3.48. The van der Waals surface area contributed by atoms with Gasteiger partial charge in [-0.25, -0.2) is 9.97 Å². The van der Waals surface area contributed by atoms with Crippen LogP contribution in [-0.2, 0) is 0 Å². The Bertz CT molecular complexity index is 897. The summed E-state index contributed by atoms with van der Waals surface area (Å²) in [5, 5.41) is 0. The van der Waals surface area contributed by atoms with E-state index in [4.69, 9.17) is 20.0 Å². The molecule has 142 valence electrons. The quantitative estimate of drug-likeness (QED) is 0.774. The van der Waals surface area contributed by atoms with Crippen LogP contribution >= 0.6 is 0 Å². The smallest absolute Gasteiger partial charge is 0.0894 e. The van der Waals surface area contributed by atoms with Crippen LogP contribution < -0.4 is 0 Å². The van der Waals surface area contributed by atoms with E-state index in [0.29, 0.717) is 12.1 Å². The molecule has 4 atom stereocenters. The van der Waals surface area contributed by atoms with Gasteiger partial charge < -0.3 is 0 Å². The number of hydrogen-bond acceptors (Lipinski definition) is 4. The molecular formula is C24H26N4. The molecule has 2 aromatic heterocycles. The molecule has 6 rings (SSSR count). The third kappa shape index (κ3) is 2.81. The highest BCUT2D eigenvalue weighted by atomic mass is 14.9. The molecule has 0 N–H and O–H groups in total. The Morgan fingerprint density at radius 3 is 1.50 bits per heavy atom. The molecule has 4 aliphatic rings. The first-order chi connectivity index (χ1) is 13.8. The van der Waals surface area contributed by atoms with Crippen LogP contribution in [0.2, 0.25) is 0 Å². The summed E-state index contributed by atoms with van der Waals surface area (Å²) in [6, 6.07) is 13.6. The second-order valence-corrected chi connectivity index (χ2v) is 8.89. The second-order valence-electron chi connectivity index (χ2n) is 8.89. The zero-order chi connectivity index (χ0) is 18.5. The maximum Gasteiger partial charge on any atom is 0.0894 e. The van der Waals surface area contributed by atoms with E-state index in [1.807, 2.05) is 0 Å². The predicted molar refractivity (Wildman–Crippen MR) is 112 cm³/mol. The molecule has 4 nitrogen and oxygen atoms in total. The van der Waals surface area contributed by atoms with Crippen molar-refractivity contribution in [2.75, 3.05) is 0 Å². The first-order valence-corrected chi connectivity index (χ1v) is 10.9. The zero-order valence-corrected chi connectivity index (χ0v) is 16.2. The summed E-state index contributed by atoms with van der Waals surface area (Å²) in [6.07, 6.45) is 10.0. The van der Waals surface area contributed by atoms with Gasteiger partial charge in [-0.15, -0.1) is 0 Å². The van der Waals surface area contributed by atoms with Gasteiger partial charge in [0.25, 0.3) is 0 Å². The fourth-order valence-corrected chi connectivity index (χ4v) is 5.67. The van der Waals surface area contributed by atoms with E-state index in [0.717, 1.165) is 47.5 Å². The SMILES string of the molecule is c1cc(C2=N[C@@H]3CCC[C@@H]3C2)nc(-c2cccc(C3=N[C@@H]4CCC[C@@H]4C3)n2)c1. The normalized spacial score (nSPS) is 30.9. The summed E-state index contributed by atoms with van der Waals surface area (Å²) in [4.78, 5) is 19.9. The van der Waals surface area contributed by atoms with E-state index in [9.17, 15) is 0 Å². The number of aromatic nitrogens is 2. The molecule has 0 spiro atoms. The van der Waals surface area contributed by atoms with Crippen molar-refractivity contribution >= 4 is 11.4 Å². The van der Waals surface area contributed by atoms with Gasteiger partial charge in [0.05, 0.1) is 46.3 Å². The molecular weight excluding hydrogens is 344 g/mol. The van der Waals surface area contributed by atoms with Crippen molar-refractivity contribution < 1.29 is 0 Å². The van der Waals surface area contributed by atoms with E-state index in [-0.39, 0.29) is 0 Å². The molecule has 2 aromatic rings. The summed E-state index contributed by atoms with van der Waals surface area (Å²) in [6.45, 7) is 0. The zero-order valence-electron chi connectivity index (χ0n) is 16.2. The molecule has 4 heteroatoms. The van der Waals surface area contributed by atoms with Crippen molar-refractivity contribution in [3.8, 4) is 11.4 Å². The van der Waals surface area contributed by atoms with Gasteiger partial charge in [-0.05, 0) is 74.6 Å². The van der Waals surface area contributed by atoms with E-state index in [2.05, 4.69) is 36.4 Å². The average molecular weight is 371 g/mol. The summed E-state index contributed by atoms with van der Waals surface area (Å²) < 4.78 is 0. The lowest BCUT2D eigenvalue weighted by atomic mass is 10.00. The van der Waals surface area contributed by atoms with Crippen molar-refractivity contribution in [3.05, 3.63) is 47.8 Å². The molecule has 0 amide bonds. The third-order valence-corrected chi connectivity index (χ3v) is 7.14. The van der Waals surface area contributed by atoms with Gasteiger partial charge in [-0.3, -0.25) is 9.98 Å². The first-order valence-electron chi connectivity index (χ1n) is 10.9. The van der Waals surface area contributed by atoms with Crippen LogP contribution in [0.3, 0.4) is 0 Å². The van der Waals surface area contributed by atoms with Crippen LogP contribution in [0.25, 0.3) is 11.4 Å². The van der Waals surface area contributed by atoms with E-state index >= 15 is 0 Å². The van der Waals surface area contributed by atoms with Crippen molar-refractivity contribution in [2.24, 2.45) is 21.8 Å². The molecule has 4 heterocycles. The number of fused-ring (bicyclic) bond motifs is 2. The number of pyridine rings is 2. The molecule has 28 heavy (non-hydrogen) atoms. The minimum atomic E-state index is 0.543. The van der Waals surface area contributed by atoms with Gasteiger partial charge in [-0.1, -0.05) is 25.0 Å².